The molecule has 4 aromatic rings. The summed E-state index contributed by atoms with van der Waals surface area (Å²) in [5.41, 5.74) is 0.154. The van der Waals surface area contributed by atoms with Crippen LogP contribution in [-0.2, 0) is 6.54 Å². The first-order valence-corrected chi connectivity index (χ1v) is 9.66. The van der Waals surface area contributed by atoms with Crippen LogP contribution in [0.1, 0.15) is 30.2 Å². The molecule has 0 aliphatic carbocycles. The van der Waals surface area contributed by atoms with E-state index in [1.807, 2.05) is 13.8 Å². The summed E-state index contributed by atoms with van der Waals surface area (Å²) in [6.45, 7) is 2.65. The molecule has 3 heterocycles. The van der Waals surface area contributed by atoms with Crippen molar-refractivity contribution in [2.24, 2.45) is 0 Å². The van der Waals surface area contributed by atoms with Crippen molar-refractivity contribution in [3.8, 4) is 11.5 Å². The fourth-order valence-corrected chi connectivity index (χ4v) is 3.33. The highest BCUT2D eigenvalue weighted by atomic mass is 19.4. The van der Waals surface area contributed by atoms with Crippen LogP contribution in [0.25, 0.3) is 22.4 Å². The minimum absolute atomic E-state index is 0.0776. The molecule has 4 rings (SSSR count). The van der Waals surface area contributed by atoms with Crippen LogP contribution in [0.2, 0.25) is 0 Å². The molecular formula is C21H18F4N6O. The molecule has 7 nitrogen and oxygen atoms in total. The average Bonchev–Trinajstić information content (AvgIpc) is 3.34. The van der Waals surface area contributed by atoms with Crippen molar-refractivity contribution in [3.05, 3.63) is 60.3 Å². The summed E-state index contributed by atoms with van der Waals surface area (Å²) in [4.78, 5) is 17.1. The highest BCUT2D eigenvalue weighted by molar-refractivity contribution is 6.06. The maximum atomic E-state index is 14.5. The molecule has 0 spiro atoms. The number of amides is 1. The Hall–Kier alpha value is -3.76. The van der Waals surface area contributed by atoms with Gasteiger partial charge in [0, 0.05) is 23.1 Å². The fraction of sp³-hybridized carbons (Fsp3) is 0.238. The number of hydrogen-bond acceptors (Lipinski definition) is 4. The number of nitrogens with one attached hydrogen (secondary N) is 1. The number of pyridine rings is 1. The van der Waals surface area contributed by atoms with Crippen LogP contribution in [0.15, 0.2) is 48.9 Å². The predicted molar refractivity (Wildman–Crippen MR) is 110 cm³/mol. The van der Waals surface area contributed by atoms with Crippen molar-refractivity contribution in [3.63, 3.8) is 0 Å². The zero-order valence-electron chi connectivity index (χ0n) is 17.1. The van der Waals surface area contributed by atoms with Gasteiger partial charge in [-0.1, -0.05) is 6.07 Å². The number of carbonyl (C=O) groups excluding carboxylic acids is 1. The van der Waals surface area contributed by atoms with Crippen LogP contribution in [0.5, 0.6) is 0 Å². The van der Waals surface area contributed by atoms with Crippen LogP contribution in [0.3, 0.4) is 0 Å². The second-order valence-electron chi connectivity index (χ2n) is 7.47. The summed E-state index contributed by atoms with van der Waals surface area (Å²) in [7, 11) is 0. The first kappa shape index (κ1) is 21.5. The van der Waals surface area contributed by atoms with Gasteiger partial charge in [-0.2, -0.15) is 13.2 Å². The highest BCUT2D eigenvalue weighted by Gasteiger charge is 2.28. The van der Waals surface area contributed by atoms with E-state index in [2.05, 4.69) is 20.5 Å². The lowest BCUT2D eigenvalue weighted by Crippen LogP contribution is -2.18. The molecule has 0 saturated heterocycles. The molecule has 3 aromatic heterocycles. The van der Waals surface area contributed by atoms with E-state index in [9.17, 15) is 22.4 Å². The monoisotopic (exact) mass is 446 g/mol. The normalized spacial score (nSPS) is 12.0. The van der Waals surface area contributed by atoms with Gasteiger partial charge in [-0.15, -0.1) is 10.2 Å². The molecular weight excluding hydrogens is 428 g/mol. The lowest BCUT2D eigenvalue weighted by Gasteiger charge is -2.12. The molecule has 0 aliphatic heterocycles. The first-order valence-electron chi connectivity index (χ1n) is 9.66. The van der Waals surface area contributed by atoms with Crippen molar-refractivity contribution in [2.75, 3.05) is 5.32 Å². The number of alkyl halides is 3. The minimum Gasteiger partial charge on any atom is -0.338 e. The largest absolute Gasteiger partial charge is 0.406 e. The maximum absolute atomic E-state index is 14.5. The van der Waals surface area contributed by atoms with Crippen molar-refractivity contribution in [1.82, 2.24) is 24.3 Å². The fourth-order valence-electron chi connectivity index (χ4n) is 3.33. The molecule has 1 aromatic carbocycles. The van der Waals surface area contributed by atoms with E-state index in [4.69, 9.17) is 0 Å². The van der Waals surface area contributed by atoms with Crippen LogP contribution in [0.4, 0.5) is 23.4 Å². The molecule has 11 heteroatoms. The summed E-state index contributed by atoms with van der Waals surface area (Å²) < 4.78 is 55.7. The van der Waals surface area contributed by atoms with Crippen molar-refractivity contribution in [1.29, 1.82) is 0 Å². The standard InChI is InChI=1S/C21H18F4N6O/c1-12(2)31-11-26-29-19(31)16-4-3-5-18(27-16)28-20(32)14-9-17-13(8-15(14)22)6-7-30(17)10-21(23,24)25/h3-9,11-12H,10H2,1-2H3,(H,27,28,32). The molecule has 32 heavy (non-hydrogen) atoms. The van der Waals surface area contributed by atoms with Gasteiger partial charge in [-0.05, 0) is 44.2 Å². The van der Waals surface area contributed by atoms with E-state index in [1.165, 1.54) is 18.3 Å². The van der Waals surface area contributed by atoms with Gasteiger partial charge in [0.25, 0.3) is 5.91 Å². The van der Waals surface area contributed by atoms with Gasteiger partial charge in [0.05, 0.1) is 5.56 Å². The van der Waals surface area contributed by atoms with Crippen LogP contribution < -0.4 is 5.32 Å². The molecule has 1 N–H and O–H groups in total. The van der Waals surface area contributed by atoms with E-state index >= 15 is 0 Å². The predicted octanol–water partition coefficient (Wildman–Crippen LogP) is 4.83. The van der Waals surface area contributed by atoms with Gasteiger partial charge in [0.15, 0.2) is 5.82 Å². The summed E-state index contributed by atoms with van der Waals surface area (Å²) in [5.74, 6) is -1.06. The first-order chi connectivity index (χ1) is 15.1. The Morgan fingerprint density at radius 3 is 2.69 bits per heavy atom. The van der Waals surface area contributed by atoms with E-state index in [1.54, 1.807) is 23.0 Å². The van der Waals surface area contributed by atoms with Gasteiger partial charge < -0.3 is 14.5 Å². The second kappa shape index (κ2) is 8.06. The van der Waals surface area contributed by atoms with E-state index in [-0.39, 0.29) is 22.8 Å². The summed E-state index contributed by atoms with van der Waals surface area (Å²) in [5, 5.41) is 10.7. The Kier molecular flexibility index (Phi) is 5.41. The molecule has 0 radical (unpaired) electrons. The van der Waals surface area contributed by atoms with E-state index in [0.29, 0.717) is 11.5 Å². The van der Waals surface area contributed by atoms with E-state index < -0.39 is 30.0 Å². The number of anilines is 1. The van der Waals surface area contributed by atoms with Gasteiger partial charge in [0.1, 0.15) is 30.2 Å². The maximum Gasteiger partial charge on any atom is 0.406 e. The minimum atomic E-state index is -4.45. The molecule has 0 bridgehead atoms. The highest BCUT2D eigenvalue weighted by Crippen LogP contribution is 2.26. The molecule has 1 amide bonds. The zero-order chi connectivity index (χ0) is 23.0. The molecule has 166 valence electrons. The lowest BCUT2D eigenvalue weighted by atomic mass is 10.1. The molecule has 0 saturated carbocycles. The lowest BCUT2D eigenvalue weighted by molar-refractivity contribution is -0.139. The van der Waals surface area contributed by atoms with Crippen molar-refractivity contribution in [2.45, 2.75) is 32.6 Å². The number of carbonyl (C=O) groups is 1. The van der Waals surface area contributed by atoms with Gasteiger partial charge in [-0.25, -0.2) is 9.37 Å². The second-order valence-corrected chi connectivity index (χ2v) is 7.47. The molecule has 0 aliphatic rings. The summed E-state index contributed by atoms with van der Waals surface area (Å²) >= 11 is 0. The summed E-state index contributed by atoms with van der Waals surface area (Å²) in [6.07, 6.45) is -1.69. The number of halogens is 4. The Labute approximate surface area is 179 Å². The number of nitrogens with zero attached hydrogens (tertiary/aromatic N) is 5. The van der Waals surface area contributed by atoms with Crippen LogP contribution in [0, 0.1) is 5.82 Å². The topological polar surface area (TPSA) is 77.6 Å². The quantitative estimate of drug-likeness (QED) is 0.446. The average molecular weight is 446 g/mol. The van der Waals surface area contributed by atoms with Gasteiger partial charge in [0.2, 0.25) is 0 Å². The molecule has 0 atom stereocenters. The summed E-state index contributed by atoms with van der Waals surface area (Å²) in [6, 6.07) is 8.42. The Morgan fingerprint density at radius 1 is 1.19 bits per heavy atom. The van der Waals surface area contributed by atoms with Crippen LogP contribution in [-0.4, -0.2) is 36.4 Å². The number of rotatable bonds is 5. The Balaban J connectivity index is 1.64. The smallest absolute Gasteiger partial charge is 0.338 e. The number of hydrogen-bond donors (Lipinski definition) is 1. The number of aromatic nitrogens is 5. The van der Waals surface area contributed by atoms with E-state index in [0.717, 1.165) is 16.7 Å². The van der Waals surface area contributed by atoms with Gasteiger partial charge >= 0.3 is 6.18 Å². The number of benzene rings is 1. The third kappa shape index (κ3) is 4.32. The SMILES string of the molecule is CC(C)n1cnnc1-c1cccc(NC(=O)c2cc3c(ccn3CC(F)(F)F)cc2F)n1. The molecule has 0 fully saturated rings. The Bertz CT molecular complexity index is 1290. The Morgan fingerprint density at radius 2 is 1.97 bits per heavy atom. The van der Waals surface area contributed by atoms with Gasteiger partial charge in [-0.3, -0.25) is 4.79 Å². The van der Waals surface area contributed by atoms with Crippen molar-refractivity contribution < 1.29 is 22.4 Å². The zero-order valence-corrected chi connectivity index (χ0v) is 17.1. The van der Waals surface area contributed by atoms with Crippen molar-refractivity contribution >= 4 is 22.6 Å². The number of fused-ring (bicyclic) bond motifs is 1. The molecule has 0 unspecified atom stereocenters. The third-order valence-electron chi connectivity index (χ3n) is 4.80. The third-order valence-corrected chi connectivity index (χ3v) is 4.80. The van der Waals surface area contributed by atoms with Crippen LogP contribution >= 0.6 is 0 Å².